The quantitative estimate of drug-likeness (QED) is 0.941. The number of alkyl halides is 3. The standard InChI is InChI=1S/C11H7F3N4S/c12-11(13,14)8-1-2-10(7(3-8)4-15)16-5-9-6-19-18-17-9/h1-3,6,16H,5H2. The van der Waals surface area contributed by atoms with Gasteiger partial charge in [0.05, 0.1) is 29.1 Å². The van der Waals surface area contributed by atoms with Gasteiger partial charge in [0.1, 0.15) is 6.07 Å². The summed E-state index contributed by atoms with van der Waals surface area (Å²) in [5, 5.41) is 17.2. The zero-order valence-corrected chi connectivity index (χ0v) is 10.2. The summed E-state index contributed by atoms with van der Waals surface area (Å²) in [4.78, 5) is 0. The molecule has 0 amide bonds. The fourth-order valence-corrected chi connectivity index (χ4v) is 1.87. The topological polar surface area (TPSA) is 61.6 Å². The van der Waals surface area contributed by atoms with Crippen LogP contribution in [0, 0.1) is 11.3 Å². The molecule has 1 N–H and O–H groups in total. The fraction of sp³-hybridized carbons (Fsp3) is 0.182. The maximum Gasteiger partial charge on any atom is 0.416 e. The van der Waals surface area contributed by atoms with Crippen LogP contribution < -0.4 is 5.32 Å². The number of hydrogen-bond acceptors (Lipinski definition) is 5. The van der Waals surface area contributed by atoms with Crippen molar-refractivity contribution in [3.05, 3.63) is 40.4 Å². The molecule has 0 atom stereocenters. The van der Waals surface area contributed by atoms with E-state index in [-0.39, 0.29) is 5.56 Å². The molecule has 0 saturated carbocycles. The molecule has 1 heterocycles. The molecule has 19 heavy (non-hydrogen) atoms. The molecule has 0 aliphatic carbocycles. The number of nitrogens with zero attached hydrogens (tertiary/aromatic N) is 3. The Bertz CT molecular complexity index is 601. The van der Waals surface area contributed by atoms with E-state index in [0.29, 0.717) is 17.9 Å². The van der Waals surface area contributed by atoms with Gasteiger partial charge in [-0.25, -0.2) is 0 Å². The van der Waals surface area contributed by atoms with Crippen LogP contribution in [0.15, 0.2) is 23.6 Å². The van der Waals surface area contributed by atoms with Crippen molar-refractivity contribution >= 4 is 17.2 Å². The zero-order valence-electron chi connectivity index (χ0n) is 9.40. The third kappa shape index (κ3) is 3.20. The van der Waals surface area contributed by atoms with Gasteiger partial charge in [-0.2, -0.15) is 18.4 Å². The fourth-order valence-electron chi connectivity index (χ4n) is 1.41. The molecule has 0 bridgehead atoms. The summed E-state index contributed by atoms with van der Waals surface area (Å²) >= 11 is 1.18. The van der Waals surface area contributed by atoms with Crippen LogP contribution in [0.4, 0.5) is 18.9 Å². The smallest absolute Gasteiger partial charge is 0.378 e. The molecule has 0 spiro atoms. The second-order valence-corrected chi connectivity index (χ2v) is 4.23. The lowest BCUT2D eigenvalue weighted by atomic mass is 10.1. The number of nitriles is 1. The largest absolute Gasteiger partial charge is 0.416 e. The van der Waals surface area contributed by atoms with Crippen LogP contribution in [0.3, 0.4) is 0 Å². The Balaban J connectivity index is 2.20. The summed E-state index contributed by atoms with van der Waals surface area (Å²) in [5.74, 6) is 0. The van der Waals surface area contributed by atoms with Crippen molar-refractivity contribution in [1.82, 2.24) is 9.59 Å². The van der Waals surface area contributed by atoms with E-state index in [4.69, 9.17) is 5.26 Å². The first-order valence-corrected chi connectivity index (χ1v) is 5.95. The molecule has 0 unspecified atom stereocenters. The van der Waals surface area contributed by atoms with Gasteiger partial charge in [0.2, 0.25) is 0 Å². The van der Waals surface area contributed by atoms with Crippen LogP contribution in [0.25, 0.3) is 0 Å². The molecule has 4 nitrogen and oxygen atoms in total. The van der Waals surface area contributed by atoms with E-state index in [1.165, 1.54) is 17.6 Å². The van der Waals surface area contributed by atoms with Crippen LogP contribution in [0.5, 0.6) is 0 Å². The van der Waals surface area contributed by atoms with E-state index in [0.717, 1.165) is 12.1 Å². The van der Waals surface area contributed by atoms with Crippen molar-refractivity contribution in [3.8, 4) is 6.07 Å². The van der Waals surface area contributed by atoms with Crippen LogP contribution in [0.1, 0.15) is 16.8 Å². The number of halogens is 3. The van der Waals surface area contributed by atoms with Crippen molar-refractivity contribution in [1.29, 1.82) is 5.26 Å². The lowest BCUT2D eigenvalue weighted by molar-refractivity contribution is -0.137. The Kier molecular flexibility index (Phi) is 3.66. The monoisotopic (exact) mass is 284 g/mol. The van der Waals surface area contributed by atoms with Gasteiger partial charge in [-0.05, 0) is 29.7 Å². The summed E-state index contributed by atoms with van der Waals surface area (Å²) in [7, 11) is 0. The van der Waals surface area contributed by atoms with Gasteiger partial charge >= 0.3 is 6.18 Å². The zero-order chi connectivity index (χ0) is 13.9. The molecule has 0 aliphatic heterocycles. The summed E-state index contributed by atoms with van der Waals surface area (Å²) < 4.78 is 41.2. The van der Waals surface area contributed by atoms with E-state index < -0.39 is 11.7 Å². The number of rotatable bonds is 3. The van der Waals surface area contributed by atoms with Crippen LogP contribution in [0.2, 0.25) is 0 Å². The molecule has 8 heteroatoms. The number of hydrogen-bond donors (Lipinski definition) is 1. The first-order valence-electron chi connectivity index (χ1n) is 5.12. The highest BCUT2D eigenvalue weighted by Crippen LogP contribution is 2.31. The Labute approximate surface area is 110 Å². The Hall–Kier alpha value is -2.14. The van der Waals surface area contributed by atoms with Crippen molar-refractivity contribution in [2.24, 2.45) is 0 Å². The summed E-state index contributed by atoms with van der Waals surface area (Å²) in [6, 6.07) is 4.73. The van der Waals surface area contributed by atoms with Gasteiger partial charge in [-0.15, -0.1) is 5.10 Å². The van der Waals surface area contributed by atoms with E-state index in [2.05, 4.69) is 14.9 Å². The third-order valence-corrected chi connectivity index (χ3v) is 2.89. The minimum Gasteiger partial charge on any atom is -0.378 e. The van der Waals surface area contributed by atoms with E-state index in [1.54, 1.807) is 11.4 Å². The van der Waals surface area contributed by atoms with Crippen molar-refractivity contribution in [2.45, 2.75) is 12.7 Å². The van der Waals surface area contributed by atoms with Gasteiger partial charge < -0.3 is 5.32 Å². The number of nitrogens with one attached hydrogen (secondary N) is 1. The van der Waals surface area contributed by atoms with Crippen LogP contribution in [-0.2, 0) is 12.7 Å². The molecular formula is C11H7F3N4S. The second kappa shape index (κ2) is 5.24. The third-order valence-electron chi connectivity index (χ3n) is 2.33. The van der Waals surface area contributed by atoms with E-state index in [9.17, 15) is 13.2 Å². The molecule has 1 aromatic heterocycles. The lowest BCUT2D eigenvalue weighted by Gasteiger charge is -2.10. The summed E-state index contributed by atoms with van der Waals surface area (Å²) in [6.45, 7) is 0.302. The Morgan fingerprint density at radius 3 is 2.74 bits per heavy atom. The molecule has 2 aromatic rings. The first-order chi connectivity index (χ1) is 9.00. The highest BCUT2D eigenvalue weighted by molar-refractivity contribution is 7.03. The lowest BCUT2D eigenvalue weighted by Crippen LogP contribution is -2.07. The molecule has 2 rings (SSSR count). The van der Waals surface area contributed by atoms with Gasteiger partial charge in [0.25, 0.3) is 0 Å². The van der Waals surface area contributed by atoms with Crippen LogP contribution >= 0.6 is 11.5 Å². The van der Waals surface area contributed by atoms with Crippen molar-refractivity contribution < 1.29 is 13.2 Å². The minimum absolute atomic E-state index is 0.0574. The predicted octanol–water partition coefficient (Wildman–Crippen LogP) is 3.04. The molecule has 0 fully saturated rings. The summed E-state index contributed by atoms with van der Waals surface area (Å²) in [5.41, 5.74) is 0.0974. The van der Waals surface area contributed by atoms with Crippen molar-refractivity contribution in [3.63, 3.8) is 0 Å². The first kappa shape index (κ1) is 13.3. The predicted molar refractivity (Wildman–Crippen MR) is 63.4 cm³/mol. The summed E-state index contributed by atoms with van der Waals surface area (Å²) in [6.07, 6.45) is -4.46. The maximum absolute atomic E-state index is 12.5. The van der Waals surface area contributed by atoms with Crippen molar-refractivity contribution in [2.75, 3.05) is 5.32 Å². The normalized spacial score (nSPS) is 11.1. The Morgan fingerprint density at radius 1 is 1.37 bits per heavy atom. The number of benzene rings is 1. The number of anilines is 1. The highest BCUT2D eigenvalue weighted by Gasteiger charge is 2.31. The molecule has 98 valence electrons. The molecule has 1 aromatic carbocycles. The molecule has 0 saturated heterocycles. The maximum atomic E-state index is 12.5. The SMILES string of the molecule is N#Cc1cc(C(F)(F)F)ccc1NCc1csnn1. The van der Waals surface area contributed by atoms with Gasteiger partial charge in [0, 0.05) is 5.38 Å². The average molecular weight is 284 g/mol. The number of aromatic nitrogens is 2. The van der Waals surface area contributed by atoms with E-state index in [1.807, 2.05) is 0 Å². The molecular weight excluding hydrogens is 277 g/mol. The molecule has 0 aliphatic rings. The van der Waals surface area contributed by atoms with Crippen LogP contribution in [-0.4, -0.2) is 9.59 Å². The Morgan fingerprint density at radius 2 is 2.16 bits per heavy atom. The minimum atomic E-state index is -4.46. The van der Waals surface area contributed by atoms with Gasteiger partial charge in [-0.3, -0.25) is 0 Å². The van der Waals surface area contributed by atoms with E-state index >= 15 is 0 Å². The average Bonchev–Trinajstić information content (AvgIpc) is 2.88. The van der Waals surface area contributed by atoms with Gasteiger partial charge in [0.15, 0.2) is 0 Å². The molecule has 0 radical (unpaired) electrons. The highest BCUT2D eigenvalue weighted by atomic mass is 32.1. The van der Waals surface area contributed by atoms with Gasteiger partial charge in [-0.1, -0.05) is 4.49 Å². The second-order valence-electron chi connectivity index (χ2n) is 3.62.